The van der Waals surface area contributed by atoms with E-state index in [1.54, 1.807) is 0 Å². The van der Waals surface area contributed by atoms with Crippen molar-refractivity contribution in [2.24, 2.45) is 0 Å². The highest BCUT2D eigenvalue weighted by Crippen LogP contribution is 2.17. The number of piperazine rings is 1. The van der Waals surface area contributed by atoms with Gasteiger partial charge in [-0.15, -0.1) is 0 Å². The number of nitrogens with zero attached hydrogens (tertiary/aromatic N) is 1. The maximum absolute atomic E-state index is 5.73. The molecular formula is C13H19BrN2O. The van der Waals surface area contributed by atoms with Crippen LogP contribution in [0.3, 0.4) is 0 Å². The fourth-order valence-electron chi connectivity index (χ4n) is 2.06. The Morgan fingerprint density at radius 3 is 3.18 bits per heavy atom. The number of benzene rings is 1. The third-order valence-electron chi connectivity index (χ3n) is 2.93. The van der Waals surface area contributed by atoms with Crippen LogP contribution in [0.4, 0.5) is 0 Å². The van der Waals surface area contributed by atoms with Gasteiger partial charge >= 0.3 is 0 Å². The summed E-state index contributed by atoms with van der Waals surface area (Å²) in [5.74, 6) is 0.933. The Morgan fingerprint density at radius 2 is 2.41 bits per heavy atom. The molecule has 94 valence electrons. The van der Waals surface area contributed by atoms with Crippen molar-refractivity contribution in [3.8, 4) is 5.75 Å². The average Bonchev–Trinajstić information content (AvgIpc) is 2.29. The van der Waals surface area contributed by atoms with Gasteiger partial charge in [0.05, 0.1) is 0 Å². The Kier molecular flexibility index (Phi) is 4.83. The molecule has 0 amide bonds. The SMILES string of the molecule is C[C@@H]1CN(CCOc2cccc(Br)c2)CCN1. The van der Waals surface area contributed by atoms with Crippen LogP contribution in [0.2, 0.25) is 0 Å². The molecule has 1 aromatic carbocycles. The summed E-state index contributed by atoms with van der Waals surface area (Å²) in [6.07, 6.45) is 0. The fourth-order valence-corrected chi connectivity index (χ4v) is 2.44. The molecule has 0 spiro atoms. The molecule has 0 radical (unpaired) electrons. The second-order valence-corrected chi connectivity index (χ2v) is 5.38. The summed E-state index contributed by atoms with van der Waals surface area (Å²) in [5, 5.41) is 3.44. The maximum Gasteiger partial charge on any atom is 0.120 e. The van der Waals surface area contributed by atoms with E-state index in [4.69, 9.17) is 4.74 Å². The average molecular weight is 299 g/mol. The van der Waals surface area contributed by atoms with E-state index in [2.05, 4.69) is 33.1 Å². The molecule has 3 nitrogen and oxygen atoms in total. The van der Waals surface area contributed by atoms with Crippen LogP contribution in [0.25, 0.3) is 0 Å². The summed E-state index contributed by atoms with van der Waals surface area (Å²) in [6, 6.07) is 8.58. The van der Waals surface area contributed by atoms with Gasteiger partial charge in [0.2, 0.25) is 0 Å². The monoisotopic (exact) mass is 298 g/mol. The van der Waals surface area contributed by atoms with Crippen LogP contribution in [-0.4, -0.2) is 43.7 Å². The standard InChI is InChI=1S/C13H19BrN2O/c1-11-10-16(6-5-15-11)7-8-17-13-4-2-3-12(14)9-13/h2-4,9,11,15H,5-8,10H2,1H3/t11-/m1/s1. The molecule has 0 aromatic heterocycles. The maximum atomic E-state index is 5.73. The van der Waals surface area contributed by atoms with Gasteiger partial charge in [-0.25, -0.2) is 0 Å². The first kappa shape index (κ1) is 12.9. The van der Waals surface area contributed by atoms with Crippen LogP contribution >= 0.6 is 15.9 Å². The molecule has 2 rings (SSSR count). The molecule has 1 fully saturated rings. The Balaban J connectivity index is 1.72. The van der Waals surface area contributed by atoms with Gasteiger partial charge in [0.1, 0.15) is 12.4 Å². The molecule has 0 unspecified atom stereocenters. The Morgan fingerprint density at radius 1 is 1.53 bits per heavy atom. The lowest BCUT2D eigenvalue weighted by atomic mass is 10.2. The first-order valence-corrected chi connectivity index (χ1v) is 6.87. The molecule has 1 aromatic rings. The predicted octanol–water partition coefficient (Wildman–Crippen LogP) is 2.12. The predicted molar refractivity (Wildman–Crippen MR) is 73.5 cm³/mol. The summed E-state index contributed by atoms with van der Waals surface area (Å²) in [5.41, 5.74) is 0. The zero-order valence-corrected chi connectivity index (χ0v) is 11.7. The summed E-state index contributed by atoms with van der Waals surface area (Å²) < 4.78 is 6.79. The van der Waals surface area contributed by atoms with E-state index >= 15 is 0 Å². The molecule has 1 aliphatic rings. The number of ether oxygens (including phenoxy) is 1. The number of nitrogens with one attached hydrogen (secondary N) is 1. The van der Waals surface area contributed by atoms with E-state index < -0.39 is 0 Å². The molecule has 17 heavy (non-hydrogen) atoms. The number of hydrogen-bond donors (Lipinski definition) is 1. The zero-order valence-electron chi connectivity index (χ0n) is 10.2. The summed E-state index contributed by atoms with van der Waals surface area (Å²) >= 11 is 3.44. The molecular weight excluding hydrogens is 280 g/mol. The Bertz CT molecular complexity index is 359. The Labute approximate surface area is 111 Å². The Hall–Kier alpha value is -0.580. The number of hydrogen-bond acceptors (Lipinski definition) is 3. The second kappa shape index (κ2) is 6.38. The summed E-state index contributed by atoms with van der Waals surface area (Å²) in [6.45, 7) is 7.29. The van der Waals surface area contributed by atoms with Crippen molar-refractivity contribution in [1.82, 2.24) is 10.2 Å². The minimum absolute atomic E-state index is 0.592. The summed E-state index contributed by atoms with van der Waals surface area (Å²) in [7, 11) is 0. The van der Waals surface area contributed by atoms with Crippen molar-refractivity contribution in [3.05, 3.63) is 28.7 Å². The van der Waals surface area contributed by atoms with Crippen molar-refractivity contribution in [3.63, 3.8) is 0 Å². The van der Waals surface area contributed by atoms with E-state index in [9.17, 15) is 0 Å². The van der Waals surface area contributed by atoms with Crippen LogP contribution in [0.1, 0.15) is 6.92 Å². The lowest BCUT2D eigenvalue weighted by Crippen LogP contribution is -2.50. The molecule has 1 saturated heterocycles. The van der Waals surface area contributed by atoms with Gasteiger partial charge in [-0.1, -0.05) is 22.0 Å². The number of rotatable bonds is 4. The zero-order chi connectivity index (χ0) is 12.1. The normalized spacial score (nSPS) is 21.4. The van der Waals surface area contributed by atoms with E-state index in [0.717, 1.165) is 43.0 Å². The van der Waals surface area contributed by atoms with Crippen LogP contribution in [0, 0.1) is 0 Å². The molecule has 1 heterocycles. The largest absolute Gasteiger partial charge is 0.492 e. The highest BCUT2D eigenvalue weighted by Gasteiger charge is 2.14. The van der Waals surface area contributed by atoms with Crippen LogP contribution in [0.5, 0.6) is 5.75 Å². The van der Waals surface area contributed by atoms with E-state index in [1.165, 1.54) is 0 Å². The lowest BCUT2D eigenvalue weighted by Gasteiger charge is -2.31. The van der Waals surface area contributed by atoms with Gasteiger partial charge in [0.15, 0.2) is 0 Å². The smallest absolute Gasteiger partial charge is 0.120 e. The van der Waals surface area contributed by atoms with Crippen LogP contribution < -0.4 is 10.1 Å². The first-order valence-electron chi connectivity index (χ1n) is 6.08. The van der Waals surface area contributed by atoms with Crippen molar-refractivity contribution < 1.29 is 4.74 Å². The highest BCUT2D eigenvalue weighted by molar-refractivity contribution is 9.10. The van der Waals surface area contributed by atoms with Crippen LogP contribution in [0.15, 0.2) is 28.7 Å². The quantitative estimate of drug-likeness (QED) is 0.922. The van der Waals surface area contributed by atoms with Crippen molar-refractivity contribution >= 4 is 15.9 Å². The highest BCUT2D eigenvalue weighted by atomic mass is 79.9. The van der Waals surface area contributed by atoms with Crippen molar-refractivity contribution in [1.29, 1.82) is 0 Å². The van der Waals surface area contributed by atoms with Crippen LogP contribution in [-0.2, 0) is 0 Å². The van der Waals surface area contributed by atoms with E-state index in [-0.39, 0.29) is 0 Å². The minimum Gasteiger partial charge on any atom is -0.492 e. The molecule has 1 aliphatic heterocycles. The second-order valence-electron chi connectivity index (χ2n) is 4.46. The molecule has 0 bridgehead atoms. The van der Waals surface area contributed by atoms with Gasteiger partial charge in [-0.3, -0.25) is 4.90 Å². The molecule has 0 aliphatic carbocycles. The molecule has 4 heteroatoms. The van der Waals surface area contributed by atoms with Gasteiger partial charge in [0.25, 0.3) is 0 Å². The van der Waals surface area contributed by atoms with Crippen molar-refractivity contribution in [2.45, 2.75) is 13.0 Å². The third-order valence-corrected chi connectivity index (χ3v) is 3.42. The first-order chi connectivity index (χ1) is 8.24. The van der Waals surface area contributed by atoms with E-state index in [1.807, 2.05) is 24.3 Å². The van der Waals surface area contributed by atoms with Gasteiger partial charge in [-0.05, 0) is 25.1 Å². The van der Waals surface area contributed by atoms with Gasteiger partial charge in [-0.2, -0.15) is 0 Å². The molecule has 1 N–H and O–H groups in total. The van der Waals surface area contributed by atoms with E-state index in [0.29, 0.717) is 6.04 Å². The van der Waals surface area contributed by atoms with Gasteiger partial charge in [0, 0.05) is 36.7 Å². The topological polar surface area (TPSA) is 24.5 Å². The lowest BCUT2D eigenvalue weighted by molar-refractivity contribution is 0.170. The minimum atomic E-state index is 0.592. The van der Waals surface area contributed by atoms with Crippen molar-refractivity contribution in [2.75, 3.05) is 32.8 Å². The van der Waals surface area contributed by atoms with Gasteiger partial charge < -0.3 is 10.1 Å². The summed E-state index contributed by atoms with van der Waals surface area (Å²) in [4.78, 5) is 2.44. The third kappa shape index (κ3) is 4.30. The molecule has 1 atom stereocenters. The molecule has 0 saturated carbocycles. The number of halogens is 1. The fraction of sp³-hybridized carbons (Fsp3) is 0.538.